The van der Waals surface area contributed by atoms with Crippen LogP contribution >= 0.6 is 28.6 Å². The molecule has 1 nitrogen and oxygen atoms in total. The topological polar surface area (TPSA) is 26.0 Å². The Hall–Kier alpha value is -0.0500. The second kappa shape index (κ2) is 6.63. The minimum Gasteiger partial charge on any atom is -0.330 e. The number of nitrogens with two attached hydrogens (primary N) is 1. The summed E-state index contributed by atoms with van der Waals surface area (Å²) >= 11 is 5.89. The van der Waals surface area contributed by atoms with Gasteiger partial charge >= 0.3 is 0 Å². The highest BCUT2D eigenvalue weighted by molar-refractivity contribution is 8.93. The lowest BCUT2D eigenvalue weighted by molar-refractivity contribution is 0.440. The van der Waals surface area contributed by atoms with E-state index in [4.69, 9.17) is 17.3 Å². The van der Waals surface area contributed by atoms with Crippen LogP contribution in [0.5, 0.6) is 0 Å². The van der Waals surface area contributed by atoms with Gasteiger partial charge in [-0.25, -0.2) is 0 Å². The zero-order valence-corrected chi connectivity index (χ0v) is 11.8. The molecule has 0 spiro atoms. The van der Waals surface area contributed by atoms with Crippen LogP contribution in [0.4, 0.5) is 0 Å². The van der Waals surface area contributed by atoms with Gasteiger partial charge in [0, 0.05) is 5.02 Å². The van der Waals surface area contributed by atoms with Gasteiger partial charge in [-0.15, -0.1) is 17.0 Å². The van der Waals surface area contributed by atoms with Gasteiger partial charge in [0.1, 0.15) is 0 Å². The Bertz CT molecular complexity index is 306. The molecule has 1 saturated carbocycles. The van der Waals surface area contributed by atoms with E-state index in [0.29, 0.717) is 5.92 Å². The zero-order chi connectivity index (χ0) is 10.7. The summed E-state index contributed by atoms with van der Waals surface area (Å²) in [6.45, 7) is 0.756. The third-order valence-corrected chi connectivity index (χ3v) is 3.77. The maximum atomic E-state index is 5.89. The first-order valence-corrected chi connectivity index (χ1v) is 6.14. The number of benzene rings is 1. The Kier molecular flexibility index (Phi) is 5.81. The van der Waals surface area contributed by atoms with Crippen molar-refractivity contribution in [3.63, 3.8) is 0 Å². The SMILES string of the molecule is Br.NCC(c1ccc(Cl)cc1)C1CCCC1. The lowest BCUT2D eigenvalue weighted by atomic mass is 9.85. The molecule has 0 heterocycles. The Morgan fingerprint density at radius 3 is 2.25 bits per heavy atom. The number of hydrogen-bond donors (Lipinski definition) is 1. The summed E-state index contributed by atoms with van der Waals surface area (Å²) in [5.41, 5.74) is 7.25. The van der Waals surface area contributed by atoms with Crippen molar-refractivity contribution in [1.82, 2.24) is 0 Å². The molecule has 1 fully saturated rings. The van der Waals surface area contributed by atoms with Crippen molar-refractivity contribution >= 4 is 28.6 Å². The van der Waals surface area contributed by atoms with Crippen molar-refractivity contribution in [2.24, 2.45) is 11.7 Å². The predicted molar refractivity (Wildman–Crippen MR) is 75.5 cm³/mol. The first kappa shape index (κ1) is 14.0. The molecule has 0 aliphatic heterocycles. The van der Waals surface area contributed by atoms with Crippen LogP contribution in [0, 0.1) is 5.92 Å². The zero-order valence-electron chi connectivity index (χ0n) is 9.36. The highest BCUT2D eigenvalue weighted by Crippen LogP contribution is 2.36. The van der Waals surface area contributed by atoms with E-state index in [2.05, 4.69) is 12.1 Å². The van der Waals surface area contributed by atoms with Crippen LogP contribution in [0.3, 0.4) is 0 Å². The largest absolute Gasteiger partial charge is 0.330 e. The summed E-state index contributed by atoms with van der Waals surface area (Å²) in [5.74, 6) is 1.32. The first-order valence-electron chi connectivity index (χ1n) is 5.77. The van der Waals surface area contributed by atoms with E-state index >= 15 is 0 Å². The van der Waals surface area contributed by atoms with Gasteiger partial charge in [-0.3, -0.25) is 0 Å². The average Bonchev–Trinajstić information content (AvgIpc) is 2.75. The molecule has 1 aliphatic carbocycles. The lowest BCUT2D eigenvalue weighted by Gasteiger charge is -2.22. The molecule has 1 aromatic carbocycles. The molecule has 0 bridgehead atoms. The van der Waals surface area contributed by atoms with E-state index in [1.807, 2.05) is 12.1 Å². The molecule has 2 rings (SSSR count). The van der Waals surface area contributed by atoms with Crippen LogP contribution in [-0.2, 0) is 0 Å². The van der Waals surface area contributed by atoms with Crippen molar-refractivity contribution in [3.8, 4) is 0 Å². The third-order valence-electron chi connectivity index (χ3n) is 3.52. The molecule has 1 aliphatic rings. The molecule has 1 unspecified atom stereocenters. The molecule has 1 atom stereocenters. The highest BCUT2D eigenvalue weighted by atomic mass is 79.9. The summed E-state index contributed by atoms with van der Waals surface area (Å²) in [4.78, 5) is 0. The summed E-state index contributed by atoms with van der Waals surface area (Å²) in [6.07, 6.45) is 5.42. The smallest absolute Gasteiger partial charge is 0.0406 e. The fraction of sp³-hybridized carbons (Fsp3) is 0.538. The van der Waals surface area contributed by atoms with Crippen molar-refractivity contribution < 1.29 is 0 Å². The molecule has 0 radical (unpaired) electrons. The molecule has 1 aromatic rings. The van der Waals surface area contributed by atoms with Crippen LogP contribution in [0.15, 0.2) is 24.3 Å². The van der Waals surface area contributed by atoms with Gasteiger partial charge in [0.25, 0.3) is 0 Å². The summed E-state index contributed by atoms with van der Waals surface area (Å²) in [6, 6.07) is 8.18. The lowest BCUT2D eigenvalue weighted by Crippen LogP contribution is -2.19. The van der Waals surface area contributed by atoms with E-state index in [1.54, 1.807) is 0 Å². The second-order valence-electron chi connectivity index (χ2n) is 4.44. The summed E-state index contributed by atoms with van der Waals surface area (Å²) in [7, 11) is 0. The normalized spacial score (nSPS) is 18.1. The molecular formula is C13H19BrClN. The van der Waals surface area contributed by atoms with E-state index < -0.39 is 0 Å². The van der Waals surface area contributed by atoms with Crippen LogP contribution in [0.25, 0.3) is 0 Å². The number of rotatable bonds is 3. The Morgan fingerprint density at radius 1 is 1.19 bits per heavy atom. The molecular weight excluding hydrogens is 286 g/mol. The fourth-order valence-electron chi connectivity index (χ4n) is 2.67. The van der Waals surface area contributed by atoms with Gasteiger partial charge in [-0.2, -0.15) is 0 Å². The van der Waals surface area contributed by atoms with Gasteiger partial charge in [-0.05, 0) is 48.9 Å². The van der Waals surface area contributed by atoms with Crippen molar-refractivity contribution in [2.75, 3.05) is 6.54 Å². The molecule has 0 saturated heterocycles. The van der Waals surface area contributed by atoms with E-state index in [0.717, 1.165) is 17.5 Å². The van der Waals surface area contributed by atoms with Gasteiger partial charge in [-0.1, -0.05) is 36.6 Å². The highest BCUT2D eigenvalue weighted by Gasteiger charge is 2.24. The first-order chi connectivity index (χ1) is 7.31. The number of hydrogen-bond acceptors (Lipinski definition) is 1. The van der Waals surface area contributed by atoms with E-state index in [1.165, 1.54) is 31.2 Å². The molecule has 90 valence electrons. The second-order valence-corrected chi connectivity index (χ2v) is 4.87. The molecule has 0 amide bonds. The number of halogens is 2. The van der Waals surface area contributed by atoms with Gasteiger partial charge < -0.3 is 5.73 Å². The van der Waals surface area contributed by atoms with Gasteiger partial charge in [0.05, 0.1) is 0 Å². The Balaban J connectivity index is 0.00000128. The Labute approximate surface area is 113 Å². The summed E-state index contributed by atoms with van der Waals surface area (Å²) < 4.78 is 0. The standard InChI is InChI=1S/C13H18ClN.BrH/c14-12-7-5-11(6-8-12)13(9-15)10-3-1-2-4-10;/h5-8,10,13H,1-4,9,15H2;1H. The van der Waals surface area contributed by atoms with Crippen LogP contribution in [0.1, 0.15) is 37.2 Å². The average molecular weight is 305 g/mol. The molecule has 16 heavy (non-hydrogen) atoms. The molecule has 2 N–H and O–H groups in total. The Morgan fingerprint density at radius 2 is 1.75 bits per heavy atom. The van der Waals surface area contributed by atoms with Crippen LogP contribution < -0.4 is 5.73 Å². The van der Waals surface area contributed by atoms with Crippen molar-refractivity contribution in [2.45, 2.75) is 31.6 Å². The van der Waals surface area contributed by atoms with Crippen LogP contribution in [-0.4, -0.2) is 6.54 Å². The van der Waals surface area contributed by atoms with E-state index in [-0.39, 0.29) is 17.0 Å². The van der Waals surface area contributed by atoms with Gasteiger partial charge in [0.2, 0.25) is 0 Å². The minimum absolute atomic E-state index is 0. The predicted octanol–water partition coefficient (Wildman–Crippen LogP) is 4.15. The monoisotopic (exact) mass is 303 g/mol. The van der Waals surface area contributed by atoms with E-state index in [9.17, 15) is 0 Å². The van der Waals surface area contributed by atoms with Crippen molar-refractivity contribution in [1.29, 1.82) is 0 Å². The van der Waals surface area contributed by atoms with Crippen molar-refractivity contribution in [3.05, 3.63) is 34.9 Å². The fourth-order valence-corrected chi connectivity index (χ4v) is 2.80. The molecule has 0 aromatic heterocycles. The molecule has 3 heteroatoms. The van der Waals surface area contributed by atoms with Gasteiger partial charge in [0.15, 0.2) is 0 Å². The third kappa shape index (κ3) is 3.22. The maximum absolute atomic E-state index is 5.89. The quantitative estimate of drug-likeness (QED) is 0.892. The minimum atomic E-state index is 0. The maximum Gasteiger partial charge on any atom is 0.0406 e. The van der Waals surface area contributed by atoms with Crippen LogP contribution in [0.2, 0.25) is 5.02 Å². The summed E-state index contributed by atoms with van der Waals surface area (Å²) in [5, 5.41) is 0.806.